The molecule has 0 spiro atoms. The molecule has 2 aromatic carbocycles. The standard InChI is InChI=1S/C15H13BrN2O2S/c1-10-7-11-8-13(5-6-15(11)17-10)18-21(19,20)14-4-2-3-12(16)9-14/h2-9,17-18H,1H3. The summed E-state index contributed by atoms with van der Waals surface area (Å²) in [6.07, 6.45) is 0. The molecule has 0 atom stereocenters. The fraction of sp³-hybridized carbons (Fsp3) is 0.0667. The number of anilines is 1. The largest absolute Gasteiger partial charge is 0.359 e. The maximum absolute atomic E-state index is 12.4. The zero-order valence-electron chi connectivity index (χ0n) is 11.2. The maximum Gasteiger partial charge on any atom is 0.261 e. The van der Waals surface area contributed by atoms with Gasteiger partial charge in [-0.1, -0.05) is 22.0 Å². The molecule has 0 fully saturated rings. The lowest BCUT2D eigenvalue weighted by molar-refractivity contribution is 0.601. The second kappa shape index (κ2) is 5.20. The van der Waals surface area contributed by atoms with Crippen LogP contribution in [0.25, 0.3) is 10.9 Å². The monoisotopic (exact) mass is 364 g/mol. The van der Waals surface area contributed by atoms with Gasteiger partial charge in [0.25, 0.3) is 10.0 Å². The van der Waals surface area contributed by atoms with E-state index >= 15 is 0 Å². The first kappa shape index (κ1) is 14.2. The van der Waals surface area contributed by atoms with E-state index in [9.17, 15) is 8.42 Å². The number of hydrogen-bond acceptors (Lipinski definition) is 2. The number of hydrogen-bond donors (Lipinski definition) is 2. The van der Waals surface area contributed by atoms with Crippen molar-refractivity contribution in [2.75, 3.05) is 4.72 Å². The van der Waals surface area contributed by atoms with Crippen molar-refractivity contribution < 1.29 is 8.42 Å². The Balaban J connectivity index is 1.96. The van der Waals surface area contributed by atoms with Gasteiger partial charge in [0.2, 0.25) is 0 Å². The van der Waals surface area contributed by atoms with Gasteiger partial charge in [-0.2, -0.15) is 0 Å². The van der Waals surface area contributed by atoms with E-state index in [1.165, 1.54) is 0 Å². The summed E-state index contributed by atoms with van der Waals surface area (Å²) < 4.78 is 28.0. The summed E-state index contributed by atoms with van der Waals surface area (Å²) in [5.74, 6) is 0. The predicted molar refractivity (Wildman–Crippen MR) is 88.0 cm³/mol. The van der Waals surface area contributed by atoms with Crippen LogP contribution in [0.1, 0.15) is 5.69 Å². The number of nitrogens with one attached hydrogen (secondary N) is 2. The van der Waals surface area contributed by atoms with Crippen LogP contribution in [-0.4, -0.2) is 13.4 Å². The van der Waals surface area contributed by atoms with Crippen molar-refractivity contribution in [3.63, 3.8) is 0 Å². The highest BCUT2D eigenvalue weighted by Gasteiger charge is 2.14. The first-order chi connectivity index (χ1) is 9.94. The number of aryl methyl sites for hydroxylation is 1. The van der Waals surface area contributed by atoms with Crippen LogP contribution in [0.4, 0.5) is 5.69 Å². The molecule has 21 heavy (non-hydrogen) atoms. The number of fused-ring (bicyclic) bond motifs is 1. The van der Waals surface area contributed by atoms with E-state index in [-0.39, 0.29) is 4.90 Å². The highest BCUT2D eigenvalue weighted by molar-refractivity contribution is 9.10. The van der Waals surface area contributed by atoms with Crippen LogP contribution in [0.15, 0.2) is 57.9 Å². The zero-order valence-corrected chi connectivity index (χ0v) is 13.6. The normalized spacial score (nSPS) is 11.7. The molecule has 0 saturated carbocycles. The summed E-state index contributed by atoms with van der Waals surface area (Å²) in [6, 6.07) is 14.0. The fourth-order valence-corrected chi connectivity index (χ4v) is 3.84. The molecular formula is C15H13BrN2O2S. The summed E-state index contributed by atoms with van der Waals surface area (Å²) in [6.45, 7) is 1.96. The molecule has 0 aliphatic carbocycles. The molecule has 0 aliphatic rings. The molecule has 0 radical (unpaired) electrons. The lowest BCUT2D eigenvalue weighted by Gasteiger charge is -2.08. The SMILES string of the molecule is Cc1cc2cc(NS(=O)(=O)c3cccc(Br)c3)ccc2[nH]1. The molecule has 0 unspecified atom stereocenters. The van der Waals surface area contributed by atoms with Crippen molar-refractivity contribution in [1.82, 2.24) is 4.98 Å². The third-order valence-corrected chi connectivity index (χ3v) is 4.99. The lowest BCUT2D eigenvalue weighted by Crippen LogP contribution is -2.12. The number of aromatic amines is 1. The quantitative estimate of drug-likeness (QED) is 0.736. The van der Waals surface area contributed by atoms with Gasteiger partial charge in [0.05, 0.1) is 4.90 Å². The van der Waals surface area contributed by atoms with E-state index < -0.39 is 10.0 Å². The number of benzene rings is 2. The van der Waals surface area contributed by atoms with E-state index in [0.717, 1.165) is 21.1 Å². The van der Waals surface area contributed by atoms with Crippen molar-refractivity contribution in [2.45, 2.75) is 11.8 Å². The number of aromatic nitrogens is 1. The Morgan fingerprint density at radius 2 is 1.90 bits per heavy atom. The van der Waals surface area contributed by atoms with Crippen molar-refractivity contribution in [3.8, 4) is 0 Å². The Bertz CT molecular complexity index is 916. The van der Waals surface area contributed by atoms with Crippen LogP contribution in [-0.2, 0) is 10.0 Å². The molecule has 3 aromatic rings. The minimum Gasteiger partial charge on any atom is -0.359 e. The molecule has 0 aliphatic heterocycles. The summed E-state index contributed by atoms with van der Waals surface area (Å²) in [7, 11) is -3.59. The van der Waals surface area contributed by atoms with Gasteiger partial charge in [-0.25, -0.2) is 8.42 Å². The van der Waals surface area contributed by atoms with E-state index in [1.807, 2.05) is 25.1 Å². The highest BCUT2D eigenvalue weighted by Crippen LogP contribution is 2.23. The Morgan fingerprint density at radius 1 is 1.10 bits per heavy atom. The molecule has 0 bridgehead atoms. The van der Waals surface area contributed by atoms with Crippen molar-refractivity contribution in [1.29, 1.82) is 0 Å². The van der Waals surface area contributed by atoms with Gasteiger partial charge in [0.1, 0.15) is 0 Å². The Morgan fingerprint density at radius 3 is 2.67 bits per heavy atom. The maximum atomic E-state index is 12.4. The van der Waals surface area contributed by atoms with Crippen LogP contribution < -0.4 is 4.72 Å². The van der Waals surface area contributed by atoms with E-state index in [1.54, 1.807) is 30.3 Å². The number of H-pyrrole nitrogens is 1. The summed E-state index contributed by atoms with van der Waals surface area (Å²) >= 11 is 3.28. The van der Waals surface area contributed by atoms with Gasteiger partial charge >= 0.3 is 0 Å². The summed E-state index contributed by atoms with van der Waals surface area (Å²) in [5, 5.41) is 0.974. The minimum atomic E-state index is -3.59. The van der Waals surface area contributed by atoms with Crippen LogP contribution in [0.3, 0.4) is 0 Å². The van der Waals surface area contributed by atoms with Crippen molar-refractivity contribution >= 4 is 42.5 Å². The Kier molecular flexibility index (Phi) is 3.51. The second-order valence-electron chi connectivity index (χ2n) is 4.82. The third-order valence-electron chi connectivity index (χ3n) is 3.11. The van der Waals surface area contributed by atoms with Crippen LogP contribution in [0.5, 0.6) is 0 Å². The molecule has 1 aromatic heterocycles. The van der Waals surface area contributed by atoms with Gasteiger partial charge in [-0.3, -0.25) is 4.72 Å². The number of sulfonamides is 1. The molecule has 0 amide bonds. The predicted octanol–water partition coefficient (Wildman–Crippen LogP) is 4.04. The van der Waals surface area contributed by atoms with Gasteiger partial charge in [0.15, 0.2) is 0 Å². The molecule has 4 nitrogen and oxygen atoms in total. The van der Waals surface area contributed by atoms with Crippen LogP contribution in [0.2, 0.25) is 0 Å². The molecule has 6 heteroatoms. The lowest BCUT2D eigenvalue weighted by atomic mass is 10.2. The molecule has 0 saturated heterocycles. The summed E-state index contributed by atoms with van der Waals surface area (Å²) in [5.41, 5.74) is 2.57. The average molecular weight is 365 g/mol. The zero-order chi connectivity index (χ0) is 15.0. The van der Waals surface area contributed by atoms with Gasteiger partial charge < -0.3 is 4.98 Å². The number of rotatable bonds is 3. The molecular weight excluding hydrogens is 352 g/mol. The van der Waals surface area contributed by atoms with Crippen molar-refractivity contribution in [2.24, 2.45) is 0 Å². The summed E-state index contributed by atoms with van der Waals surface area (Å²) in [4.78, 5) is 3.43. The van der Waals surface area contributed by atoms with Crippen molar-refractivity contribution in [3.05, 3.63) is 58.7 Å². The van der Waals surface area contributed by atoms with E-state index in [2.05, 4.69) is 25.6 Å². The molecule has 1 heterocycles. The minimum absolute atomic E-state index is 0.224. The van der Waals surface area contributed by atoms with Gasteiger partial charge in [0, 0.05) is 26.8 Å². The van der Waals surface area contributed by atoms with Gasteiger partial charge in [-0.15, -0.1) is 0 Å². The highest BCUT2D eigenvalue weighted by atomic mass is 79.9. The fourth-order valence-electron chi connectivity index (χ4n) is 2.19. The molecule has 3 rings (SSSR count). The first-order valence-electron chi connectivity index (χ1n) is 6.32. The second-order valence-corrected chi connectivity index (χ2v) is 7.42. The Labute approximate surface area is 131 Å². The van der Waals surface area contributed by atoms with Gasteiger partial charge in [-0.05, 0) is 49.4 Å². The van der Waals surface area contributed by atoms with E-state index in [0.29, 0.717) is 5.69 Å². The van der Waals surface area contributed by atoms with E-state index in [4.69, 9.17) is 0 Å². The third kappa shape index (κ3) is 2.96. The van der Waals surface area contributed by atoms with Crippen LogP contribution >= 0.6 is 15.9 Å². The Hall–Kier alpha value is -1.79. The number of halogens is 1. The average Bonchev–Trinajstić information content (AvgIpc) is 2.77. The molecule has 2 N–H and O–H groups in total. The molecule has 108 valence electrons. The first-order valence-corrected chi connectivity index (χ1v) is 8.59. The smallest absolute Gasteiger partial charge is 0.261 e. The topological polar surface area (TPSA) is 62.0 Å². The van der Waals surface area contributed by atoms with Crippen LogP contribution in [0, 0.1) is 6.92 Å².